The van der Waals surface area contributed by atoms with E-state index in [1.807, 2.05) is 6.92 Å². The molecule has 0 saturated heterocycles. The van der Waals surface area contributed by atoms with Gasteiger partial charge in [-0.25, -0.2) is 9.18 Å². The summed E-state index contributed by atoms with van der Waals surface area (Å²) in [6.45, 7) is 1.82. The molecule has 1 aliphatic carbocycles. The number of hydrogen-bond donors (Lipinski definition) is 1. The number of nitrogens with two attached hydrogens (primary N) is 1. The van der Waals surface area contributed by atoms with Crippen LogP contribution in [0.4, 0.5) is 9.39 Å². The van der Waals surface area contributed by atoms with Gasteiger partial charge in [-0.3, -0.25) is 0 Å². The molecular weight excluding hydrogens is 289 g/mol. The van der Waals surface area contributed by atoms with Gasteiger partial charge in [0.1, 0.15) is 5.00 Å². The van der Waals surface area contributed by atoms with Crippen molar-refractivity contribution in [2.24, 2.45) is 0 Å². The highest BCUT2D eigenvalue weighted by Crippen LogP contribution is 2.25. The number of thiophene rings is 1. The van der Waals surface area contributed by atoms with Crippen LogP contribution < -0.4 is 5.73 Å². The topological polar surface area (TPSA) is 52.3 Å². The van der Waals surface area contributed by atoms with E-state index in [9.17, 15) is 9.18 Å². The Labute approximate surface area is 127 Å². The molecule has 0 aliphatic heterocycles. The zero-order chi connectivity index (χ0) is 15.2. The minimum Gasteiger partial charge on any atom is -0.427 e. The van der Waals surface area contributed by atoms with Crippen molar-refractivity contribution in [2.75, 3.05) is 5.73 Å². The van der Waals surface area contributed by atoms with Gasteiger partial charge in [-0.2, -0.15) is 0 Å². The van der Waals surface area contributed by atoms with E-state index in [0.29, 0.717) is 11.4 Å². The summed E-state index contributed by atoms with van der Waals surface area (Å²) in [5.74, 6) is -0.690. The molecule has 0 bridgehead atoms. The highest BCUT2D eigenvalue weighted by atomic mass is 32.1. The number of esters is 1. The lowest BCUT2D eigenvalue weighted by Crippen LogP contribution is -2.13. The Morgan fingerprint density at radius 3 is 2.52 bits per heavy atom. The fraction of sp³-hybridized carbons (Fsp3) is 0.312. The highest BCUT2D eigenvalue weighted by Gasteiger charge is 2.16. The Balaban J connectivity index is 0.000000189. The SMILES string of the molecule is CCCC(F)OC(=O)c1ccsc1N.c1ccc2c(c1)C2. The van der Waals surface area contributed by atoms with Crippen molar-refractivity contribution in [3.8, 4) is 0 Å². The van der Waals surface area contributed by atoms with E-state index in [-0.39, 0.29) is 12.0 Å². The summed E-state index contributed by atoms with van der Waals surface area (Å²) in [6, 6.07) is 10.1. The van der Waals surface area contributed by atoms with Gasteiger partial charge >= 0.3 is 5.97 Å². The molecule has 1 aliphatic rings. The zero-order valence-electron chi connectivity index (χ0n) is 11.8. The van der Waals surface area contributed by atoms with Crippen molar-refractivity contribution in [2.45, 2.75) is 32.5 Å². The number of fused-ring (bicyclic) bond motifs is 1. The molecule has 112 valence electrons. The quantitative estimate of drug-likeness (QED) is 0.736. The molecule has 1 aromatic heterocycles. The number of carbonyl (C=O) groups excluding carboxylic acids is 1. The molecule has 1 unspecified atom stereocenters. The average molecular weight is 307 g/mol. The van der Waals surface area contributed by atoms with Crippen LogP contribution in [0.2, 0.25) is 0 Å². The molecule has 3 rings (SSSR count). The van der Waals surface area contributed by atoms with Gasteiger partial charge in [-0.05, 0) is 35.4 Å². The van der Waals surface area contributed by atoms with Crippen molar-refractivity contribution >= 4 is 22.3 Å². The number of anilines is 1. The molecule has 1 aromatic carbocycles. The smallest absolute Gasteiger partial charge is 0.343 e. The third-order valence-corrected chi connectivity index (χ3v) is 3.79. The fourth-order valence-corrected chi connectivity index (χ4v) is 2.42. The van der Waals surface area contributed by atoms with Crippen molar-refractivity contribution in [1.82, 2.24) is 0 Å². The van der Waals surface area contributed by atoms with E-state index in [1.54, 1.807) is 5.38 Å². The normalized spacial score (nSPS) is 12.7. The number of halogens is 1. The van der Waals surface area contributed by atoms with Crippen molar-refractivity contribution in [3.05, 3.63) is 52.4 Å². The first-order valence-corrected chi connectivity index (χ1v) is 7.74. The molecule has 0 spiro atoms. The Morgan fingerprint density at radius 2 is 2.05 bits per heavy atom. The molecule has 1 atom stereocenters. The zero-order valence-corrected chi connectivity index (χ0v) is 12.7. The summed E-state index contributed by atoms with van der Waals surface area (Å²) < 4.78 is 17.4. The summed E-state index contributed by atoms with van der Waals surface area (Å²) in [5.41, 5.74) is 8.79. The number of alkyl halides is 1. The lowest BCUT2D eigenvalue weighted by molar-refractivity contribution is -0.0186. The summed E-state index contributed by atoms with van der Waals surface area (Å²) in [5, 5.41) is 2.03. The molecule has 0 amide bonds. The predicted octanol–water partition coefficient (Wildman–Crippen LogP) is 4.17. The predicted molar refractivity (Wildman–Crippen MR) is 83.2 cm³/mol. The molecule has 0 radical (unpaired) electrons. The van der Waals surface area contributed by atoms with Gasteiger partial charge in [-0.1, -0.05) is 31.2 Å². The van der Waals surface area contributed by atoms with Crippen LogP contribution in [0.5, 0.6) is 0 Å². The van der Waals surface area contributed by atoms with E-state index in [0.717, 1.165) is 0 Å². The van der Waals surface area contributed by atoms with Crippen LogP contribution in [0.1, 0.15) is 41.3 Å². The van der Waals surface area contributed by atoms with Crippen LogP contribution in [-0.2, 0) is 11.2 Å². The maximum absolute atomic E-state index is 12.9. The number of rotatable bonds is 4. The second kappa shape index (κ2) is 7.22. The van der Waals surface area contributed by atoms with Gasteiger partial charge in [0.15, 0.2) is 0 Å². The first-order chi connectivity index (χ1) is 10.1. The van der Waals surface area contributed by atoms with Crippen molar-refractivity contribution in [1.29, 1.82) is 0 Å². The first kappa shape index (κ1) is 15.5. The van der Waals surface area contributed by atoms with Gasteiger partial charge in [0.25, 0.3) is 0 Å². The summed E-state index contributed by atoms with van der Waals surface area (Å²) in [7, 11) is 0. The van der Waals surface area contributed by atoms with Crippen LogP contribution in [0.15, 0.2) is 35.7 Å². The van der Waals surface area contributed by atoms with Gasteiger partial charge in [-0.15, -0.1) is 11.3 Å². The Hall–Kier alpha value is -1.88. The molecule has 1 heterocycles. The number of benzene rings is 1. The molecule has 3 nitrogen and oxygen atoms in total. The fourth-order valence-electron chi connectivity index (χ4n) is 1.79. The van der Waals surface area contributed by atoms with Crippen LogP contribution >= 0.6 is 11.3 Å². The molecular formula is C16H18FNO2S. The van der Waals surface area contributed by atoms with Gasteiger partial charge in [0, 0.05) is 6.42 Å². The van der Waals surface area contributed by atoms with E-state index >= 15 is 0 Å². The standard InChI is InChI=1S/C9H12FNO2S.C7H6/c1-2-3-7(10)13-9(12)6-4-5-14-8(6)11;1-2-4-7-5-6(7)3-1/h4-5,7H,2-3,11H2,1H3;1-4H,5H2. The maximum Gasteiger partial charge on any atom is 0.343 e. The van der Waals surface area contributed by atoms with Crippen molar-refractivity contribution in [3.63, 3.8) is 0 Å². The van der Waals surface area contributed by atoms with Crippen LogP contribution in [0, 0.1) is 0 Å². The van der Waals surface area contributed by atoms with Gasteiger partial charge < -0.3 is 10.5 Å². The molecule has 5 heteroatoms. The minimum absolute atomic E-state index is 0.218. The average Bonchev–Trinajstić information content (AvgIpc) is 3.12. The van der Waals surface area contributed by atoms with Crippen molar-refractivity contribution < 1.29 is 13.9 Å². The Kier molecular flexibility index (Phi) is 5.33. The van der Waals surface area contributed by atoms with E-state index in [1.165, 1.54) is 35.0 Å². The van der Waals surface area contributed by atoms with Crippen LogP contribution in [0.3, 0.4) is 0 Å². The van der Waals surface area contributed by atoms with Gasteiger partial charge in [0.2, 0.25) is 6.36 Å². The molecule has 2 aromatic rings. The van der Waals surface area contributed by atoms with E-state index < -0.39 is 12.3 Å². The lowest BCUT2D eigenvalue weighted by atomic mass is 10.3. The third kappa shape index (κ3) is 4.56. The lowest BCUT2D eigenvalue weighted by Gasteiger charge is -2.07. The van der Waals surface area contributed by atoms with E-state index in [2.05, 4.69) is 29.0 Å². The largest absolute Gasteiger partial charge is 0.427 e. The van der Waals surface area contributed by atoms with Gasteiger partial charge in [0.05, 0.1) is 5.56 Å². The van der Waals surface area contributed by atoms with E-state index in [4.69, 9.17) is 5.73 Å². The molecule has 21 heavy (non-hydrogen) atoms. The number of nitrogen functional groups attached to an aromatic ring is 1. The Bertz CT molecular complexity index is 591. The Morgan fingerprint density at radius 1 is 1.38 bits per heavy atom. The first-order valence-electron chi connectivity index (χ1n) is 6.86. The second-order valence-electron chi connectivity index (χ2n) is 4.75. The number of carbonyl (C=O) groups is 1. The summed E-state index contributed by atoms with van der Waals surface area (Å²) in [4.78, 5) is 11.3. The number of hydrogen-bond acceptors (Lipinski definition) is 4. The third-order valence-electron chi connectivity index (χ3n) is 3.04. The van der Waals surface area contributed by atoms with Crippen LogP contribution in [0.25, 0.3) is 0 Å². The summed E-state index contributed by atoms with van der Waals surface area (Å²) >= 11 is 1.23. The summed E-state index contributed by atoms with van der Waals surface area (Å²) in [6.07, 6.45) is 0.558. The monoisotopic (exact) mass is 307 g/mol. The van der Waals surface area contributed by atoms with Crippen LogP contribution in [-0.4, -0.2) is 12.3 Å². The molecule has 2 N–H and O–H groups in total. The highest BCUT2D eigenvalue weighted by molar-refractivity contribution is 7.14. The molecule has 0 fully saturated rings. The second-order valence-corrected chi connectivity index (χ2v) is 5.70. The number of ether oxygens (including phenoxy) is 1. The molecule has 0 saturated carbocycles. The minimum atomic E-state index is -1.54. The maximum atomic E-state index is 12.9.